The van der Waals surface area contributed by atoms with Gasteiger partial charge in [-0.05, 0) is 54.9 Å². The smallest absolute Gasteiger partial charge is 0.433 e. The molecule has 1 aromatic heterocycles. The van der Waals surface area contributed by atoms with E-state index in [1.165, 1.54) is 12.3 Å². The summed E-state index contributed by atoms with van der Waals surface area (Å²) in [5.74, 6) is 1.07. The van der Waals surface area contributed by atoms with Gasteiger partial charge in [0.1, 0.15) is 11.4 Å². The van der Waals surface area contributed by atoms with Crippen molar-refractivity contribution in [1.29, 1.82) is 0 Å². The Morgan fingerprint density at radius 1 is 1.12 bits per heavy atom. The first-order chi connectivity index (χ1) is 15.8. The summed E-state index contributed by atoms with van der Waals surface area (Å²) in [4.78, 5) is 20.6. The van der Waals surface area contributed by atoms with Crippen LogP contribution in [0.15, 0.2) is 42.6 Å². The van der Waals surface area contributed by atoms with Crippen LogP contribution >= 0.6 is 0 Å². The van der Waals surface area contributed by atoms with E-state index in [1.54, 1.807) is 0 Å². The van der Waals surface area contributed by atoms with Crippen molar-refractivity contribution in [3.05, 3.63) is 59.4 Å². The summed E-state index contributed by atoms with van der Waals surface area (Å²) >= 11 is 0. The Balaban J connectivity index is 1.43. The minimum atomic E-state index is -4.42. The molecule has 2 aliphatic rings. The van der Waals surface area contributed by atoms with Crippen LogP contribution in [0.4, 0.5) is 13.2 Å². The number of pyridine rings is 1. The van der Waals surface area contributed by atoms with Crippen molar-refractivity contribution >= 4 is 5.91 Å². The lowest BCUT2D eigenvalue weighted by Crippen LogP contribution is -2.52. The number of ether oxygens (including phenoxy) is 1. The van der Waals surface area contributed by atoms with E-state index in [0.29, 0.717) is 12.5 Å². The van der Waals surface area contributed by atoms with E-state index in [0.717, 1.165) is 68.1 Å². The Hall–Kier alpha value is -2.61. The summed E-state index contributed by atoms with van der Waals surface area (Å²) in [6.45, 7) is 2.17. The van der Waals surface area contributed by atoms with E-state index in [4.69, 9.17) is 4.74 Å². The molecule has 3 heterocycles. The maximum Gasteiger partial charge on any atom is 0.433 e. The summed E-state index contributed by atoms with van der Waals surface area (Å²) in [5, 5.41) is 0. The zero-order valence-electron chi connectivity index (χ0n) is 18.9. The minimum Gasteiger partial charge on any atom is -0.483 e. The summed E-state index contributed by atoms with van der Waals surface area (Å²) in [5.41, 5.74) is 1.03. The number of halogens is 3. The number of likely N-dealkylation sites (tertiary alicyclic amines) is 1. The molecular weight excluding hydrogens is 431 g/mol. The molecule has 0 aliphatic carbocycles. The van der Waals surface area contributed by atoms with Crippen LogP contribution in [-0.2, 0) is 23.9 Å². The Bertz CT molecular complexity index is 949. The van der Waals surface area contributed by atoms with Crippen molar-refractivity contribution in [3.63, 3.8) is 0 Å². The van der Waals surface area contributed by atoms with Gasteiger partial charge in [-0.2, -0.15) is 13.2 Å². The molecular formula is C25H30F3N3O2. The van der Waals surface area contributed by atoms with E-state index in [1.807, 2.05) is 30.1 Å². The predicted molar refractivity (Wildman–Crippen MR) is 119 cm³/mol. The molecule has 0 radical (unpaired) electrons. The number of hydrogen-bond acceptors (Lipinski definition) is 4. The second-order valence-corrected chi connectivity index (χ2v) is 9.05. The Kier molecular flexibility index (Phi) is 7.22. The van der Waals surface area contributed by atoms with Crippen LogP contribution in [0.2, 0.25) is 0 Å². The standard InChI is InChI=1S/C25H30F3N3O2/c1-30-21-12-13-31(15-18-10-11-23(29-14-18)25(26,27)28)16-20(21)8-3-2-6-19-7-4-5-9-22(19)33-17-24(30)32/h4-5,7,9-11,14,20-21H,2-3,6,8,12-13,15-17H2,1H3/t20-,21+/m0/s1. The highest BCUT2D eigenvalue weighted by Crippen LogP contribution is 2.30. The van der Waals surface area contributed by atoms with Crippen molar-refractivity contribution in [2.75, 3.05) is 26.7 Å². The highest BCUT2D eigenvalue weighted by atomic mass is 19.4. The first-order valence-electron chi connectivity index (χ1n) is 11.5. The van der Waals surface area contributed by atoms with Crippen molar-refractivity contribution < 1.29 is 22.7 Å². The van der Waals surface area contributed by atoms with Gasteiger partial charge in [0.25, 0.3) is 5.91 Å². The Morgan fingerprint density at radius 2 is 1.94 bits per heavy atom. The largest absolute Gasteiger partial charge is 0.483 e. The molecule has 1 saturated heterocycles. The fraction of sp³-hybridized carbons (Fsp3) is 0.520. The lowest BCUT2D eigenvalue weighted by molar-refractivity contribution is -0.141. The lowest BCUT2D eigenvalue weighted by Gasteiger charge is -2.43. The topological polar surface area (TPSA) is 45.7 Å². The normalized spacial score (nSPS) is 23.0. The van der Waals surface area contributed by atoms with E-state index >= 15 is 0 Å². The van der Waals surface area contributed by atoms with Gasteiger partial charge >= 0.3 is 6.18 Å². The third-order valence-electron chi connectivity index (χ3n) is 6.78. The first kappa shape index (κ1) is 23.5. The number of likely N-dealkylation sites (N-methyl/N-ethyl adjacent to an activating group) is 1. The fourth-order valence-corrected chi connectivity index (χ4v) is 4.98. The SMILES string of the molecule is CN1C(=O)COc2ccccc2CCCC[C@H]2CN(Cc3ccc(C(F)(F)F)nc3)CC[C@H]21. The number of hydrogen-bond donors (Lipinski definition) is 0. The number of carbonyl (C=O) groups excluding carboxylic acids is 1. The molecule has 0 spiro atoms. The molecule has 1 fully saturated rings. The van der Waals surface area contributed by atoms with Gasteiger partial charge in [-0.25, -0.2) is 0 Å². The van der Waals surface area contributed by atoms with Crippen molar-refractivity contribution in [2.45, 2.75) is 50.9 Å². The molecule has 0 saturated carbocycles. The van der Waals surface area contributed by atoms with Crippen LogP contribution in [0.25, 0.3) is 0 Å². The molecule has 1 aromatic carbocycles. The predicted octanol–water partition coefficient (Wildman–Crippen LogP) is 4.55. The monoisotopic (exact) mass is 461 g/mol. The summed E-state index contributed by atoms with van der Waals surface area (Å²) < 4.78 is 44.2. The number of piperidine rings is 1. The molecule has 2 atom stereocenters. The molecule has 2 aromatic rings. The lowest BCUT2D eigenvalue weighted by atomic mass is 9.86. The second-order valence-electron chi connectivity index (χ2n) is 9.05. The third kappa shape index (κ3) is 5.85. The fourth-order valence-electron chi connectivity index (χ4n) is 4.98. The molecule has 0 N–H and O–H groups in total. The van der Waals surface area contributed by atoms with E-state index < -0.39 is 11.9 Å². The van der Waals surface area contributed by atoms with Gasteiger partial charge in [0.2, 0.25) is 0 Å². The van der Waals surface area contributed by atoms with E-state index in [-0.39, 0.29) is 18.6 Å². The maximum atomic E-state index is 12.9. The van der Waals surface area contributed by atoms with Gasteiger partial charge in [0.05, 0.1) is 0 Å². The molecule has 0 bridgehead atoms. The molecule has 5 nitrogen and oxygen atoms in total. The number of aromatic nitrogens is 1. The Labute approximate surface area is 192 Å². The quantitative estimate of drug-likeness (QED) is 0.658. The van der Waals surface area contributed by atoms with Crippen LogP contribution in [0, 0.1) is 5.92 Å². The average molecular weight is 462 g/mol. The molecule has 0 unspecified atom stereocenters. The van der Waals surface area contributed by atoms with Gasteiger partial charge in [-0.1, -0.05) is 30.7 Å². The molecule has 8 heteroatoms. The van der Waals surface area contributed by atoms with Gasteiger partial charge in [0, 0.05) is 38.9 Å². The number of para-hydroxylation sites is 1. The van der Waals surface area contributed by atoms with E-state index in [2.05, 4.69) is 16.0 Å². The number of alkyl halides is 3. The summed E-state index contributed by atoms with van der Waals surface area (Å²) in [6, 6.07) is 10.6. The molecule has 178 valence electrons. The maximum absolute atomic E-state index is 12.9. The average Bonchev–Trinajstić information content (AvgIpc) is 2.80. The number of carbonyl (C=O) groups is 1. The number of aryl methyl sites for hydroxylation is 1. The number of amides is 1. The molecule has 4 rings (SSSR count). The van der Waals surface area contributed by atoms with Gasteiger partial charge in [0.15, 0.2) is 6.61 Å². The highest BCUT2D eigenvalue weighted by molar-refractivity contribution is 5.78. The zero-order valence-corrected chi connectivity index (χ0v) is 18.9. The second kappa shape index (κ2) is 10.1. The number of nitrogens with zero attached hydrogens (tertiary/aromatic N) is 3. The molecule has 2 aliphatic heterocycles. The van der Waals surface area contributed by atoms with Crippen LogP contribution < -0.4 is 4.74 Å². The van der Waals surface area contributed by atoms with Crippen LogP contribution in [-0.4, -0.2) is 53.5 Å². The Morgan fingerprint density at radius 3 is 2.70 bits per heavy atom. The molecule has 1 amide bonds. The first-order valence-corrected chi connectivity index (χ1v) is 11.5. The molecule has 33 heavy (non-hydrogen) atoms. The summed E-state index contributed by atoms with van der Waals surface area (Å²) in [7, 11) is 1.86. The van der Waals surface area contributed by atoms with Crippen molar-refractivity contribution in [2.24, 2.45) is 5.92 Å². The van der Waals surface area contributed by atoms with E-state index in [9.17, 15) is 18.0 Å². The van der Waals surface area contributed by atoms with Crippen molar-refractivity contribution in [3.8, 4) is 5.75 Å². The minimum absolute atomic E-state index is 0.0255. The summed E-state index contributed by atoms with van der Waals surface area (Å²) in [6.07, 6.45) is 1.74. The number of fused-ring (bicyclic) bond motifs is 2. The highest BCUT2D eigenvalue weighted by Gasteiger charge is 2.35. The van der Waals surface area contributed by atoms with Gasteiger partial charge in [-0.15, -0.1) is 0 Å². The zero-order chi connectivity index (χ0) is 23.4. The number of benzene rings is 1. The third-order valence-corrected chi connectivity index (χ3v) is 6.78. The number of rotatable bonds is 2. The van der Waals surface area contributed by atoms with Gasteiger partial charge in [-0.3, -0.25) is 14.7 Å². The van der Waals surface area contributed by atoms with Crippen LogP contribution in [0.1, 0.15) is 42.5 Å². The van der Waals surface area contributed by atoms with Crippen molar-refractivity contribution in [1.82, 2.24) is 14.8 Å². The van der Waals surface area contributed by atoms with Crippen LogP contribution in [0.5, 0.6) is 5.75 Å². The van der Waals surface area contributed by atoms with Gasteiger partial charge < -0.3 is 9.64 Å². The van der Waals surface area contributed by atoms with Crippen LogP contribution in [0.3, 0.4) is 0 Å².